The molecule has 1 aliphatic carbocycles. The van der Waals surface area contributed by atoms with Crippen molar-refractivity contribution in [3.8, 4) is 22.5 Å². The van der Waals surface area contributed by atoms with E-state index in [0.717, 1.165) is 23.9 Å². The Morgan fingerprint density at radius 1 is 0.972 bits per heavy atom. The van der Waals surface area contributed by atoms with Crippen LogP contribution < -0.4 is 41.8 Å². The van der Waals surface area contributed by atoms with E-state index in [2.05, 4.69) is 53.0 Å². The summed E-state index contributed by atoms with van der Waals surface area (Å²) in [7, 11) is 6.16. The Morgan fingerprint density at radius 2 is 1.69 bits per heavy atom. The van der Waals surface area contributed by atoms with Crippen LogP contribution in [0.5, 0.6) is 0 Å². The summed E-state index contributed by atoms with van der Waals surface area (Å²) < 4.78 is 30.5. The molecule has 0 radical (unpaired) electrons. The number of hydrogen-bond donors (Lipinski definition) is 3. The van der Waals surface area contributed by atoms with Crippen LogP contribution >= 0.6 is 8.53 Å². The van der Waals surface area contributed by atoms with Crippen molar-refractivity contribution in [1.29, 1.82) is 0 Å². The molecule has 1 fully saturated rings. The van der Waals surface area contributed by atoms with Gasteiger partial charge in [-0.15, -0.1) is 0 Å². The second-order valence-electron chi connectivity index (χ2n) is 18.4. The fourth-order valence-corrected chi connectivity index (χ4v) is 10.1. The molecule has 0 spiro atoms. The molecule has 1 saturated heterocycles. The molecular weight excluding hydrogens is 928 g/mol. The van der Waals surface area contributed by atoms with Crippen molar-refractivity contribution < 1.29 is 37.7 Å². The molecule has 0 saturated carbocycles. The van der Waals surface area contributed by atoms with Crippen LogP contribution in [-0.2, 0) is 18.6 Å². The van der Waals surface area contributed by atoms with Gasteiger partial charge in [0.05, 0.1) is 29.8 Å². The van der Waals surface area contributed by atoms with Crippen molar-refractivity contribution in [2.45, 2.75) is 104 Å². The highest BCUT2D eigenvalue weighted by Gasteiger charge is 2.40. The topological polar surface area (TPSA) is 216 Å². The molecule has 4 unspecified atom stereocenters. The number of H-pyrrole nitrogens is 1. The standard InChI is InChI=1S/C52H67N8O10P/c1-11-53-31-67-71(60(32(2)3)33(4)5)70-43-29-47(68-34(43)6)59-30-36(50(63)56-52(59)66)17-23-46(61)54-24-14-12-13-15-25-55-49(62)35-16-20-39(51(64)65)42(26-35)48-40-21-18-37(57(7)8)27-44(40)69-45-28-38(58(9)10)19-22-41(45)48/h16-23,26-28,30-34,43,47H,11-15,24-25,29H2,1-10H3,(H3-,54,55,56,61,62,63,64,65,66)/b23-17+,53-31+. The molecule has 4 atom stereocenters. The number of aromatic carboxylic acids is 1. The van der Waals surface area contributed by atoms with Gasteiger partial charge in [0.25, 0.3) is 11.5 Å². The van der Waals surface area contributed by atoms with Crippen LogP contribution in [0.3, 0.4) is 0 Å². The average Bonchev–Trinajstić information content (AvgIpc) is 3.68. The maximum Gasteiger partial charge on any atom is 0.330 e. The molecule has 71 heavy (non-hydrogen) atoms. The van der Waals surface area contributed by atoms with Crippen LogP contribution in [0.1, 0.15) is 106 Å². The van der Waals surface area contributed by atoms with Gasteiger partial charge in [-0.1, -0.05) is 18.9 Å². The number of carboxylic acids is 1. The van der Waals surface area contributed by atoms with Crippen LogP contribution in [0.2, 0.25) is 0 Å². The molecule has 2 amide bonds. The Kier molecular flexibility index (Phi) is 18.7. The predicted molar refractivity (Wildman–Crippen MR) is 276 cm³/mol. The SMILES string of the molecule is CC/N=C/OP(OC1CC(n2cc(/C=C/C(=O)NCCCCCCNC(=O)c3ccc(C(=O)[O-])c(-c4c5ccc(=[N+](C)C)cc-5oc5cc(N(C)C)ccc45)c3)c(=O)[nH]c2=O)OC1C)N(C(C)C)C(C)C. The number of benzene rings is 3. The Bertz CT molecular complexity index is 2910. The predicted octanol–water partition coefficient (Wildman–Crippen LogP) is 5.74. The fourth-order valence-electron chi connectivity index (χ4n) is 8.42. The van der Waals surface area contributed by atoms with Gasteiger partial charge in [-0.05, 0) is 96.4 Å². The van der Waals surface area contributed by atoms with E-state index < -0.39 is 50.1 Å². The molecule has 380 valence electrons. The van der Waals surface area contributed by atoms with Crippen LogP contribution in [0.4, 0.5) is 5.69 Å². The Balaban J connectivity index is 1.01. The number of rotatable bonds is 22. The summed E-state index contributed by atoms with van der Waals surface area (Å²) in [6.07, 6.45) is 7.09. The Morgan fingerprint density at radius 3 is 2.35 bits per heavy atom. The zero-order valence-electron chi connectivity index (χ0n) is 42.3. The molecule has 6 rings (SSSR count). The van der Waals surface area contributed by atoms with Crippen molar-refractivity contribution in [2.24, 2.45) is 4.99 Å². The maximum absolute atomic E-state index is 13.5. The van der Waals surface area contributed by atoms with Crippen molar-refractivity contribution >= 4 is 55.4 Å². The van der Waals surface area contributed by atoms with Crippen LogP contribution in [0.25, 0.3) is 39.5 Å². The average molecular weight is 995 g/mol. The number of carboxylic acid groups (broad SMARTS) is 1. The lowest BCUT2D eigenvalue weighted by Gasteiger charge is -2.36. The maximum atomic E-state index is 13.5. The zero-order chi connectivity index (χ0) is 51.5. The van der Waals surface area contributed by atoms with Crippen molar-refractivity contribution in [3.05, 3.63) is 110 Å². The largest absolute Gasteiger partial charge is 0.545 e. The molecule has 3 heterocycles. The van der Waals surface area contributed by atoms with Gasteiger partial charge in [0.2, 0.25) is 11.3 Å². The minimum atomic E-state index is -1.55. The first-order valence-electron chi connectivity index (χ1n) is 24.1. The molecule has 2 aliphatic heterocycles. The molecular formula is C52H67N8O10P. The highest BCUT2D eigenvalue weighted by Crippen LogP contribution is 2.49. The van der Waals surface area contributed by atoms with Gasteiger partial charge in [0.1, 0.15) is 31.7 Å². The first kappa shape index (κ1) is 53.9. The number of aromatic amines is 1. The van der Waals surface area contributed by atoms with Crippen molar-refractivity contribution in [3.63, 3.8) is 0 Å². The van der Waals surface area contributed by atoms with Gasteiger partial charge in [0, 0.05) is 110 Å². The summed E-state index contributed by atoms with van der Waals surface area (Å²) >= 11 is 0. The number of aromatic nitrogens is 2. The molecule has 19 heteroatoms. The van der Waals surface area contributed by atoms with Gasteiger partial charge < -0.3 is 43.6 Å². The van der Waals surface area contributed by atoms with Gasteiger partial charge in [-0.2, -0.15) is 0 Å². The minimum Gasteiger partial charge on any atom is -0.545 e. The first-order valence-corrected chi connectivity index (χ1v) is 25.2. The Hall–Kier alpha value is -6.46. The van der Waals surface area contributed by atoms with E-state index in [4.69, 9.17) is 18.2 Å². The summed E-state index contributed by atoms with van der Waals surface area (Å²) in [6.45, 7) is 13.4. The number of nitrogens with zero attached hydrogens (tertiary/aromatic N) is 5. The lowest BCUT2D eigenvalue weighted by atomic mass is 9.89. The fraction of sp³-hybridized carbons (Fsp3) is 0.442. The monoisotopic (exact) mass is 994 g/mol. The van der Waals surface area contributed by atoms with E-state index in [1.807, 2.05) is 87.9 Å². The first-order chi connectivity index (χ1) is 33.9. The van der Waals surface area contributed by atoms with Gasteiger partial charge in [-0.25, -0.2) is 14.0 Å². The van der Waals surface area contributed by atoms with E-state index in [-0.39, 0.29) is 29.1 Å². The summed E-state index contributed by atoms with van der Waals surface area (Å²) in [4.78, 5) is 73.1. The number of hydrogen-bond acceptors (Lipinski definition) is 13. The van der Waals surface area contributed by atoms with Crippen molar-refractivity contribution in [1.82, 2.24) is 29.4 Å². The summed E-state index contributed by atoms with van der Waals surface area (Å²) in [5.74, 6) is -1.56. The highest BCUT2D eigenvalue weighted by molar-refractivity contribution is 7.45. The summed E-state index contributed by atoms with van der Waals surface area (Å²) in [5.41, 5.74) is 2.18. The molecule has 3 aromatic rings. The smallest absolute Gasteiger partial charge is 0.330 e. The van der Waals surface area contributed by atoms with Crippen LogP contribution in [0, 0.1) is 0 Å². The van der Waals surface area contributed by atoms with E-state index in [9.17, 15) is 29.1 Å². The molecule has 0 bridgehead atoms. The summed E-state index contributed by atoms with van der Waals surface area (Å²) in [5, 5.41) is 19.9. The second kappa shape index (κ2) is 24.6. The van der Waals surface area contributed by atoms with Crippen molar-refractivity contribution in [2.75, 3.05) is 52.7 Å². The molecule has 3 aliphatic rings. The number of carbonyl (C=O) groups excluding carboxylic acids is 3. The molecule has 3 N–H and O–H groups in total. The summed E-state index contributed by atoms with van der Waals surface area (Å²) in [6, 6.07) is 16.2. The number of anilines is 1. The third kappa shape index (κ3) is 13.5. The molecule has 18 nitrogen and oxygen atoms in total. The quantitative estimate of drug-likeness (QED) is 0.0144. The highest BCUT2D eigenvalue weighted by atomic mass is 31.2. The number of amides is 2. The lowest BCUT2D eigenvalue weighted by Crippen LogP contribution is -2.35. The van der Waals surface area contributed by atoms with Gasteiger partial charge in [-0.3, -0.25) is 28.9 Å². The number of aliphatic imine (C=N–C) groups is 1. The minimum absolute atomic E-state index is 0.0505. The molecule has 1 aromatic heterocycles. The van der Waals surface area contributed by atoms with Gasteiger partial charge >= 0.3 is 14.2 Å². The number of ether oxygens (including phenoxy) is 1. The number of nitrogens with one attached hydrogen (secondary N) is 3. The normalized spacial score (nSPS) is 16.5. The van der Waals surface area contributed by atoms with Gasteiger partial charge in [0.15, 0.2) is 6.40 Å². The number of carbonyl (C=O) groups is 3. The van der Waals surface area contributed by atoms with E-state index in [0.29, 0.717) is 77.9 Å². The van der Waals surface area contributed by atoms with E-state index in [1.165, 1.54) is 41.4 Å². The van der Waals surface area contributed by atoms with Crippen LogP contribution in [-0.4, -0.2) is 111 Å². The van der Waals surface area contributed by atoms with E-state index in [1.54, 1.807) is 6.07 Å². The third-order valence-electron chi connectivity index (χ3n) is 12.1. The number of unbranched alkanes of at least 4 members (excludes halogenated alkanes) is 3. The van der Waals surface area contributed by atoms with Crippen LogP contribution in [0.15, 0.2) is 85.9 Å². The Labute approximate surface area is 415 Å². The van der Waals surface area contributed by atoms with E-state index >= 15 is 0 Å². The lowest BCUT2D eigenvalue weighted by molar-refractivity contribution is -0.255. The second-order valence-corrected chi connectivity index (χ2v) is 19.8. The number of fused-ring (bicyclic) bond motifs is 2. The molecule has 2 aromatic carbocycles. The zero-order valence-corrected chi connectivity index (χ0v) is 43.2. The third-order valence-corrected chi connectivity index (χ3v) is 14.1.